The van der Waals surface area contributed by atoms with Crippen molar-refractivity contribution in [2.75, 3.05) is 19.6 Å². The van der Waals surface area contributed by atoms with Crippen LogP contribution in [0.5, 0.6) is 0 Å². The molecule has 0 spiro atoms. The summed E-state index contributed by atoms with van der Waals surface area (Å²) in [6.07, 6.45) is 6.67. The summed E-state index contributed by atoms with van der Waals surface area (Å²) in [7, 11) is 0. The van der Waals surface area contributed by atoms with Gasteiger partial charge in [0.1, 0.15) is 0 Å². The summed E-state index contributed by atoms with van der Waals surface area (Å²) >= 11 is 0. The standard InChI is InChI=1S/C19H40N2/c1-8-11-12-16(9-2)13-21-14-17(18(4,5)6)20-15-19(21,7)10-3/h16-17,20H,8-15H2,1-7H3. The number of nitrogens with zero attached hydrogens (tertiary/aromatic N) is 1. The van der Waals surface area contributed by atoms with Crippen LogP contribution < -0.4 is 5.32 Å². The lowest BCUT2D eigenvalue weighted by Gasteiger charge is -2.52. The molecule has 1 saturated heterocycles. The number of piperazine rings is 1. The van der Waals surface area contributed by atoms with E-state index in [-0.39, 0.29) is 0 Å². The van der Waals surface area contributed by atoms with Crippen molar-refractivity contribution in [3.05, 3.63) is 0 Å². The van der Waals surface area contributed by atoms with Gasteiger partial charge in [-0.05, 0) is 31.1 Å². The molecule has 3 atom stereocenters. The minimum Gasteiger partial charge on any atom is -0.310 e. The third kappa shape index (κ3) is 5.25. The van der Waals surface area contributed by atoms with Crippen molar-refractivity contribution in [3.63, 3.8) is 0 Å². The molecule has 0 aromatic rings. The van der Waals surface area contributed by atoms with E-state index in [4.69, 9.17) is 0 Å². The maximum atomic E-state index is 3.82. The largest absolute Gasteiger partial charge is 0.310 e. The quantitative estimate of drug-likeness (QED) is 0.733. The van der Waals surface area contributed by atoms with Crippen LogP contribution in [0, 0.1) is 11.3 Å². The van der Waals surface area contributed by atoms with Gasteiger partial charge in [0.2, 0.25) is 0 Å². The predicted molar refractivity (Wildman–Crippen MR) is 94.8 cm³/mol. The van der Waals surface area contributed by atoms with Gasteiger partial charge in [-0.15, -0.1) is 0 Å². The molecule has 0 aromatic heterocycles. The second-order valence-corrected chi connectivity index (χ2v) is 8.47. The summed E-state index contributed by atoms with van der Waals surface area (Å²) in [6, 6.07) is 0.612. The first-order valence-electron chi connectivity index (χ1n) is 9.25. The molecule has 21 heavy (non-hydrogen) atoms. The van der Waals surface area contributed by atoms with E-state index >= 15 is 0 Å². The average molecular weight is 297 g/mol. The second-order valence-electron chi connectivity index (χ2n) is 8.47. The number of unbranched alkanes of at least 4 members (excludes halogenated alkanes) is 1. The van der Waals surface area contributed by atoms with Crippen molar-refractivity contribution in [3.8, 4) is 0 Å². The summed E-state index contributed by atoms with van der Waals surface area (Å²) in [5, 5.41) is 3.82. The fraction of sp³-hybridized carbons (Fsp3) is 1.00. The van der Waals surface area contributed by atoms with E-state index in [1.165, 1.54) is 45.2 Å². The first-order chi connectivity index (χ1) is 9.76. The van der Waals surface area contributed by atoms with Crippen molar-refractivity contribution in [1.82, 2.24) is 10.2 Å². The molecule has 126 valence electrons. The highest BCUT2D eigenvalue weighted by Gasteiger charge is 2.40. The van der Waals surface area contributed by atoms with Gasteiger partial charge < -0.3 is 5.32 Å². The number of rotatable bonds is 7. The molecular formula is C19H40N2. The molecule has 0 saturated carbocycles. The summed E-state index contributed by atoms with van der Waals surface area (Å²) in [5.74, 6) is 0.870. The molecule has 3 unspecified atom stereocenters. The van der Waals surface area contributed by atoms with E-state index in [1.54, 1.807) is 0 Å². The van der Waals surface area contributed by atoms with Crippen LogP contribution in [0.25, 0.3) is 0 Å². The Morgan fingerprint density at radius 1 is 1.24 bits per heavy atom. The third-order valence-corrected chi connectivity index (χ3v) is 5.72. The third-order valence-electron chi connectivity index (χ3n) is 5.72. The Morgan fingerprint density at radius 2 is 1.90 bits per heavy atom. The van der Waals surface area contributed by atoms with Gasteiger partial charge in [-0.3, -0.25) is 4.90 Å². The number of hydrogen-bond acceptors (Lipinski definition) is 2. The van der Waals surface area contributed by atoms with Gasteiger partial charge >= 0.3 is 0 Å². The normalized spacial score (nSPS) is 29.6. The Labute approximate surface area is 134 Å². The number of hydrogen-bond donors (Lipinski definition) is 1. The van der Waals surface area contributed by atoms with Crippen LogP contribution in [-0.2, 0) is 0 Å². The molecule has 0 amide bonds. The first-order valence-corrected chi connectivity index (χ1v) is 9.25. The highest BCUT2D eigenvalue weighted by Crippen LogP contribution is 2.31. The van der Waals surface area contributed by atoms with Gasteiger partial charge in [-0.2, -0.15) is 0 Å². The summed E-state index contributed by atoms with van der Waals surface area (Å²) in [5.41, 5.74) is 0.680. The van der Waals surface area contributed by atoms with Gasteiger partial charge in [0, 0.05) is 31.2 Å². The Morgan fingerprint density at radius 3 is 2.38 bits per heavy atom. The summed E-state index contributed by atoms with van der Waals surface area (Å²) in [6.45, 7) is 20.2. The van der Waals surface area contributed by atoms with E-state index in [0.29, 0.717) is 17.0 Å². The van der Waals surface area contributed by atoms with Crippen molar-refractivity contribution in [2.24, 2.45) is 11.3 Å². The molecule has 1 N–H and O–H groups in total. The molecule has 2 nitrogen and oxygen atoms in total. The maximum absolute atomic E-state index is 3.82. The lowest BCUT2D eigenvalue weighted by molar-refractivity contribution is 0.00917. The van der Waals surface area contributed by atoms with Crippen molar-refractivity contribution >= 4 is 0 Å². The van der Waals surface area contributed by atoms with Gasteiger partial charge in [0.15, 0.2) is 0 Å². The lowest BCUT2D eigenvalue weighted by atomic mass is 9.81. The Bertz CT molecular complexity index is 294. The molecule has 1 fully saturated rings. The van der Waals surface area contributed by atoms with Crippen molar-refractivity contribution in [2.45, 2.75) is 92.2 Å². The zero-order chi connectivity index (χ0) is 16.1. The van der Waals surface area contributed by atoms with E-state index in [0.717, 1.165) is 12.5 Å². The smallest absolute Gasteiger partial charge is 0.0304 e. The molecule has 1 aliphatic rings. The molecule has 1 heterocycles. The van der Waals surface area contributed by atoms with Crippen LogP contribution in [0.4, 0.5) is 0 Å². The van der Waals surface area contributed by atoms with Crippen LogP contribution in [0.15, 0.2) is 0 Å². The fourth-order valence-corrected chi connectivity index (χ4v) is 3.41. The SMILES string of the molecule is CCCCC(CC)CN1CC(C(C)(C)C)NCC1(C)CC. The monoisotopic (exact) mass is 296 g/mol. The second kappa shape index (κ2) is 7.97. The van der Waals surface area contributed by atoms with E-state index in [9.17, 15) is 0 Å². The highest BCUT2D eigenvalue weighted by atomic mass is 15.3. The molecule has 2 heteroatoms. The van der Waals surface area contributed by atoms with Gasteiger partial charge in [0.05, 0.1) is 0 Å². The van der Waals surface area contributed by atoms with Crippen LogP contribution in [0.3, 0.4) is 0 Å². The van der Waals surface area contributed by atoms with Crippen molar-refractivity contribution in [1.29, 1.82) is 0 Å². The van der Waals surface area contributed by atoms with Gasteiger partial charge in [-0.25, -0.2) is 0 Å². The molecule has 0 bridgehead atoms. The first kappa shape index (κ1) is 19.0. The molecule has 0 radical (unpaired) electrons. The lowest BCUT2D eigenvalue weighted by Crippen LogP contribution is -2.66. The molecular weight excluding hydrogens is 256 g/mol. The van der Waals surface area contributed by atoms with Gasteiger partial charge in [0.25, 0.3) is 0 Å². The Hall–Kier alpha value is -0.0800. The number of nitrogens with one attached hydrogen (secondary N) is 1. The average Bonchev–Trinajstić information content (AvgIpc) is 2.44. The highest BCUT2D eigenvalue weighted by molar-refractivity contribution is 4.98. The van der Waals surface area contributed by atoms with Crippen molar-refractivity contribution < 1.29 is 0 Å². The molecule has 1 rings (SSSR count). The zero-order valence-electron chi connectivity index (χ0n) is 15.8. The zero-order valence-corrected chi connectivity index (χ0v) is 15.8. The van der Waals surface area contributed by atoms with E-state index in [2.05, 4.69) is 58.7 Å². The molecule has 1 aliphatic heterocycles. The van der Waals surface area contributed by atoms with E-state index in [1.807, 2.05) is 0 Å². The minimum absolute atomic E-state index is 0.335. The van der Waals surface area contributed by atoms with Gasteiger partial charge in [-0.1, -0.05) is 60.8 Å². The molecule has 0 aliphatic carbocycles. The fourth-order valence-electron chi connectivity index (χ4n) is 3.41. The Kier molecular flexibility index (Phi) is 7.19. The predicted octanol–water partition coefficient (Wildman–Crippen LogP) is 4.69. The topological polar surface area (TPSA) is 15.3 Å². The Balaban J connectivity index is 2.75. The van der Waals surface area contributed by atoms with Crippen LogP contribution in [-0.4, -0.2) is 36.1 Å². The summed E-state index contributed by atoms with van der Waals surface area (Å²) in [4.78, 5) is 2.81. The summed E-state index contributed by atoms with van der Waals surface area (Å²) < 4.78 is 0. The molecule has 0 aromatic carbocycles. The van der Waals surface area contributed by atoms with Crippen LogP contribution >= 0.6 is 0 Å². The van der Waals surface area contributed by atoms with Crippen LogP contribution in [0.2, 0.25) is 0 Å². The van der Waals surface area contributed by atoms with Crippen LogP contribution in [0.1, 0.15) is 80.6 Å². The minimum atomic E-state index is 0.335. The maximum Gasteiger partial charge on any atom is 0.0304 e. The van der Waals surface area contributed by atoms with E-state index < -0.39 is 0 Å².